The van der Waals surface area contributed by atoms with E-state index in [1.807, 2.05) is 6.07 Å². The van der Waals surface area contributed by atoms with Crippen molar-refractivity contribution in [1.82, 2.24) is 20.9 Å². The summed E-state index contributed by atoms with van der Waals surface area (Å²) in [5.74, 6) is 0.156. The Bertz CT molecular complexity index is 767. The fraction of sp³-hybridized carbons (Fsp3) is 0.316. The van der Waals surface area contributed by atoms with Gasteiger partial charge in [0.1, 0.15) is 11.0 Å². The highest BCUT2D eigenvalue weighted by Gasteiger charge is 2.04. The minimum absolute atomic E-state index is 0.152. The molecule has 1 heterocycles. The number of nitrogens with zero attached hydrogens (tertiary/aromatic N) is 2. The van der Waals surface area contributed by atoms with E-state index in [4.69, 9.17) is 11.6 Å². The predicted molar refractivity (Wildman–Crippen MR) is 105 cm³/mol. The maximum absolute atomic E-state index is 13.1. The zero-order valence-electron chi connectivity index (χ0n) is 15.1. The van der Waals surface area contributed by atoms with E-state index in [9.17, 15) is 9.18 Å². The minimum atomic E-state index is -0.341. The molecule has 0 aliphatic rings. The smallest absolute Gasteiger partial charge is 0.224 e. The number of carbonyl (C=O) groups is 1. The third-order valence-corrected chi connectivity index (χ3v) is 3.94. The van der Waals surface area contributed by atoms with Crippen LogP contribution in [0.15, 0.2) is 47.6 Å². The highest BCUT2D eigenvalue weighted by atomic mass is 35.5. The highest BCUT2D eigenvalue weighted by molar-refractivity contribution is 6.29. The summed E-state index contributed by atoms with van der Waals surface area (Å²) in [6, 6.07) is 9.73. The highest BCUT2D eigenvalue weighted by Crippen LogP contribution is 2.05. The van der Waals surface area contributed by atoms with Crippen LogP contribution in [0, 0.1) is 5.82 Å². The van der Waals surface area contributed by atoms with Gasteiger partial charge in [0, 0.05) is 32.9 Å². The Balaban J connectivity index is 1.61. The van der Waals surface area contributed by atoms with Crippen LogP contribution < -0.4 is 16.0 Å². The van der Waals surface area contributed by atoms with E-state index < -0.39 is 0 Å². The Hall–Kier alpha value is -2.67. The first-order valence-electron chi connectivity index (χ1n) is 8.63. The summed E-state index contributed by atoms with van der Waals surface area (Å²) in [5.41, 5.74) is 1.72. The summed E-state index contributed by atoms with van der Waals surface area (Å²) in [6.45, 7) is 1.65. The molecule has 6 nitrogen and oxygen atoms in total. The molecule has 2 rings (SSSR count). The monoisotopic (exact) mass is 391 g/mol. The quantitative estimate of drug-likeness (QED) is 0.278. The van der Waals surface area contributed by atoms with Gasteiger partial charge in [-0.25, -0.2) is 9.37 Å². The molecule has 1 aromatic heterocycles. The minimum Gasteiger partial charge on any atom is -0.356 e. The molecule has 0 aliphatic carbocycles. The number of nitrogens with one attached hydrogen (secondary N) is 3. The first kappa shape index (κ1) is 20.6. The molecule has 3 N–H and O–H groups in total. The number of hydrogen-bond acceptors (Lipinski definition) is 3. The molecule has 0 bridgehead atoms. The van der Waals surface area contributed by atoms with Crippen LogP contribution in [-0.2, 0) is 17.6 Å². The van der Waals surface area contributed by atoms with E-state index in [0.29, 0.717) is 36.3 Å². The molecule has 0 aliphatic heterocycles. The number of amides is 1. The lowest BCUT2D eigenvalue weighted by Crippen LogP contribution is -2.42. The zero-order valence-corrected chi connectivity index (χ0v) is 15.9. The van der Waals surface area contributed by atoms with Gasteiger partial charge in [0.05, 0.1) is 6.42 Å². The zero-order chi connectivity index (χ0) is 19.5. The molecule has 0 unspecified atom stereocenters. The van der Waals surface area contributed by atoms with Crippen molar-refractivity contribution in [2.24, 2.45) is 4.99 Å². The second kappa shape index (κ2) is 11.1. The van der Waals surface area contributed by atoms with Gasteiger partial charge in [-0.15, -0.1) is 0 Å². The average Bonchev–Trinajstić information content (AvgIpc) is 2.65. The lowest BCUT2D eigenvalue weighted by Gasteiger charge is -2.12. The second-order valence-electron chi connectivity index (χ2n) is 5.82. The van der Waals surface area contributed by atoms with Crippen molar-refractivity contribution >= 4 is 23.5 Å². The molecule has 27 heavy (non-hydrogen) atoms. The van der Waals surface area contributed by atoms with E-state index in [1.165, 1.54) is 12.1 Å². The third-order valence-electron chi connectivity index (χ3n) is 3.71. The molecule has 144 valence electrons. The second-order valence-corrected chi connectivity index (χ2v) is 6.21. The third kappa shape index (κ3) is 8.04. The number of rotatable bonds is 8. The summed E-state index contributed by atoms with van der Waals surface area (Å²) in [4.78, 5) is 20.0. The van der Waals surface area contributed by atoms with Gasteiger partial charge in [-0.1, -0.05) is 29.8 Å². The lowest BCUT2D eigenvalue weighted by atomic mass is 10.1. The summed E-state index contributed by atoms with van der Waals surface area (Å²) >= 11 is 5.76. The molecule has 1 aromatic carbocycles. The molecule has 0 fully saturated rings. The van der Waals surface area contributed by atoms with Crippen LogP contribution in [0.25, 0.3) is 0 Å². The van der Waals surface area contributed by atoms with Crippen molar-refractivity contribution in [3.05, 3.63) is 64.7 Å². The Morgan fingerprint density at radius 3 is 2.59 bits per heavy atom. The van der Waals surface area contributed by atoms with Crippen molar-refractivity contribution in [3.8, 4) is 0 Å². The van der Waals surface area contributed by atoms with Crippen LogP contribution in [-0.4, -0.2) is 43.5 Å². The number of carbonyl (C=O) groups excluding carboxylic acids is 1. The number of guanidine groups is 1. The Morgan fingerprint density at radius 1 is 1.11 bits per heavy atom. The van der Waals surface area contributed by atoms with Gasteiger partial charge in [0.15, 0.2) is 5.96 Å². The fourth-order valence-electron chi connectivity index (χ4n) is 2.38. The summed E-state index contributed by atoms with van der Waals surface area (Å²) in [6.07, 6.45) is 2.68. The SMILES string of the molecule is CN=C(NCCNC(=O)Cc1cccc(F)c1)NCCc1ccc(Cl)nc1. The average molecular weight is 392 g/mol. The van der Waals surface area contributed by atoms with E-state index >= 15 is 0 Å². The first-order valence-corrected chi connectivity index (χ1v) is 9.00. The molecule has 8 heteroatoms. The maximum atomic E-state index is 13.1. The van der Waals surface area contributed by atoms with Gasteiger partial charge in [0.25, 0.3) is 0 Å². The first-order chi connectivity index (χ1) is 13.1. The fourth-order valence-corrected chi connectivity index (χ4v) is 2.49. The molecular formula is C19H23ClFN5O. The topological polar surface area (TPSA) is 78.4 Å². The summed E-state index contributed by atoms with van der Waals surface area (Å²) in [7, 11) is 1.68. The molecule has 0 atom stereocenters. The number of halogens is 2. The normalized spacial score (nSPS) is 11.1. The number of benzene rings is 1. The standard InChI is InChI=1S/C19H23ClFN5O/c1-22-19(24-8-7-14-5-6-17(20)26-13-14)25-10-9-23-18(27)12-15-3-2-4-16(21)11-15/h2-6,11,13H,7-10,12H2,1H3,(H,23,27)(H2,22,24,25). The van der Waals surface area contributed by atoms with Crippen LogP contribution in [0.1, 0.15) is 11.1 Å². The summed E-state index contributed by atoms with van der Waals surface area (Å²) < 4.78 is 13.1. The predicted octanol–water partition coefficient (Wildman–Crippen LogP) is 1.94. The summed E-state index contributed by atoms with van der Waals surface area (Å²) in [5, 5.41) is 9.58. The largest absolute Gasteiger partial charge is 0.356 e. The van der Waals surface area contributed by atoms with Gasteiger partial charge in [-0.05, 0) is 35.7 Å². The van der Waals surface area contributed by atoms with Crippen molar-refractivity contribution in [2.75, 3.05) is 26.7 Å². The molecular weight excluding hydrogens is 369 g/mol. The van der Waals surface area contributed by atoms with Crippen LogP contribution in [0.2, 0.25) is 5.15 Å². The number of aliphatic imine (C=N–C) groups is 1. The van der Waals surface area contributed by atoms with Gasteiger partial charge in [0.2, 0.25) is 5.91 Å². The van der Waals surface area contributed by atoms with E-state index in [-0.39, 0.29) is 18.1 Å². The van der Waals surface area contributed by atoms with E-state index in [0.717, 1.165) is 12.0 Å². The number of pyridine rings is 1. The van der Waals surface area contributed by atoms with Crippen molar-refractivity contribution in [3.63, 3.8) is 0 Å². The molecule has 0 saturated carbocycles. The van der Waals surface area contributed by atoms with Crippen LogP contribution in [0.4, 0.5) is 4.39 Å². The molecule has 1 amide bonds. The van der Waals surface area contributed by atoms with E-state index in [1.54, 1.807) is 31.4 Å². The molecule has 2 aromatic rings. The van der Waals surface area contributed by atoms with Crippen molar-refractivity contribution in [1.29, 1.82) is 0 Å². The van der Waals surface area contributed by atoms with Crippen molar-refractivity contribution < 1.29 is 9.18 Å². The van der Waals surface area contributed by atoms with Crippen LogP contribution >= 0.6 is 11.6 Å². The van der Waals surface area contributed by atoms with Gasteiger partial charge >= 0.3 is 0 Å². The van der Waals surface area contributed by atoms with Gasteiger partial charge in [-0.2, -0.15) is 0 Å². The maximum Gasteiger partial charge on any atom is 0.224 e. The van der Waals surface area contributed by atoms with Crippen LogP contribution in [0.5, 0.6) is 0 Å². The van der Waals surface area contributed by atoms with Gasteiger partial charge < -0.3 is 16.0 Å². The van der Waals surface area contributed by atoms with E-state index in [2.05, 4.69) is 25.9 Å². The Morgan fingerprint density at radius 2 is 1.89 bits per heavy atom. The Labute approximate surface area is 163 Å². The van der Waals surface area contributed by atoms with Crippen LogP contribution in [0.3, 0.4) is 0 Å². The van der Waals surface area contributed by atoms with Crippen molar-refractivity contribution in [2.45, 2.75) is 12.8 Å². The molecule has 0 radical (unpaired) electrons. The number of hydrogen-bond donors (Lipinski definition) is 3. The molecule has 0 spiro atoms. The number of aromatic nitrogens is 1. The molecule has 0 saturated heterocycles. The van der Waals surface area contributed by atoms with Gasteiger partial charge in [-0.3, -0.25) is 9.79 Å². The lowest BCUT2D eigenvalue weighted by molar-refractivity contribution is -0.120. The Kier molecular flexibility index (Phi) is 8.51.